The second-order valence-electron chi connectivity index (χ2n) is 9.41. The molecule has 1 aliphatic rings. The first-order valence-corrected chi connectivity index (χ1v) is 13.9. The molecule has 0 aliphatic carbocycles. The molecule has 0 radical (unpaired) electrons. The Labute approximate surface area is 215 Å². The Balaban J connectivity index is 1.49. The number of likely N-dealkylation sites (tertiary alicyclic amines) is 1. The van der Waals surface area contributed by atoms with Crippen molar-refractivity contribution in [1.29, 1.82) is 5.26 Å². The molecule has 37 heavy (non-hydrogen) atoms. The van der Waals surface area contributed by atoms with Gasteiger partial charge in [0.25, 0.3) is 0 Å². The predicted molar refractivity (Wildman–Crippen MR) is 137 cm³/mol. The van der Waals surface area contributed by atoms with Gasteiger partial charge in [-0.05, 0) is 68.4 Å². The summed E-state index contributed by atoms with van der Waals surface area (Å²) in [6.45, 7) is 1.29. The van der Waals surface area contributed by atoms with Crippen LogP contribution < -0.4 is 4.72 Å². The number of sulfonamides is 1. The summed E-state index contributed by atoms with van der Waals surface area (Å²) in [6, 6.07) is 11.1. The molecular weight excluding hydrogens is 494 g/mol. The second-order valence-corrected chi connectivity index (χ2v) is 11.1. The predicted octanol–water partition coefficient (Wildman–Crippen LogP) is 3.07. The van der Waals surface area contributed by atoms with Crippen molar-refractivity contribution in [2.45, 2.75) is 56.0 Å². The van der Waals surface area contributed by atoms with E-state index in [0.717, 1.165) is 19.3 Å². The average molecular weight is 526 g/mol. The van der Waals surface area contributed by atoms with E-state index in [1.165, 1.54) is 6.07 Å². The molecule has 3 aromatic rings. The number of nitrogens with one attached hydrogen (secondary N) is 2. The van der Waals surface area contributed by atoms with Gasteiger partial charge in [-0.2, -0.15) is 9.98 Å². The number of carbonyl (C=O) groups is 2. The maximum Gasteiger partial charge on any atom is 0.303 e. The van der Waals surface area contributed by atoms with Crippen molar-refractivity contribution in [3.8, 4) is 6.07 Å². The highest BCUT2D eigenvalue weighted by Gasteiger charge is 2.32. The fourth-order valence-electron chi connectivity index (χ4n) is 4.96. The maximum atomic E-state index is 13.6. The van der Waals surface area contributed by atoms with Gasteiger partial charge in [0.15, 0.2) is 0 Å². The summed E-state index contributed by atoms with van der Waals surface area (Å²) >= 11 is 0. The van der Waals surface area contributed by atoms with Crippen LogP contribution in [-0.4, -0.2) is 59.0 Å². The van der Waals surface area contributed by atoms with Crippen molar-refractivity contribution >= 4 is 32.8 Å². The second kappa shape index (κ2) is 11.6. The number of aromatic amines is 1. The summed E-state index contributed by atoms with van der Waals surface area (Å²) in [4.78, 5) is 29.2. The van der Waals surface area contributed by atoms with Gasteiger partial charge < -0.3 is 19.6 Å². The molecule has 2 aromatic heterocycles. The van der Waals surface area contributed by atoms with Crippen molar-refractivity contribution < 1.29 is 23.1 Å². The molecular formula is C26H31N5O5S. The zero-order valence-corrected chi connectivity index (χ0v) is 21.3. The number of nitrogens with zero attached hydrogens (tertiary/aromatic N) is 3. The van der Waals surface area contributed by atoms with Crippen LogP contribution in [0.2, 0.25) is 0 Å². The third kappa shape index (κ3) is 6.39. The fourth-order valence-corrected chi connectivity index (χ4v) is 6.40. The van der Waals surface area contributed by atoms with Gasteiger partial charge in [-0.1, -0.05) is 6.07 Å². The van der Waals surface area contributed by atoms with Gasteiger partial charge in [0, 0.05) is 49.4 Å². The normalized spacial score (nSPS) is 15.5. The summed E-state index contributed by atoms with van der Waals surface area (Å²) in [6.07, 6.45) is 6.65. The average Bonchev–Trinajstić information content (AvgIpc) is 3.55. The Morgan fingerprint density at radius 3 is 2.70 bits per heavy atom. The molecule has 3 heterocycles. The summed E-state index contributed by atoms with van der Waals surface area (Å²) in [5.74, 6) is -0.748. The third-order valence-electron chi connectivity index (χ3n) is 6.97. The third-order valence-corrected chi connectivity index (χ3v) is 8.50. The standard InChI is InChI=1S/C26H31N5O5S/c27-18-20-5-3-14-30(20)17-12-23(26(34)31-15-10-19(11-16-31)4-1-8-25(32)33)29-37(35,36)24-7-2-6-22-21(24)9-13-28-22/h2-3,5-7,9,13-14,19,23,28-29H,1,4,8,10-12,15-17H2,(H,32,33). The zero-order chi connectivity index (χ0) is 26.4. The van der Waals surface area contributed by atoms with Crippen LogP contribution in [0.25, 0.3) is 10.9 Å². The lowest BCUT2D eigenvalue weighted by Crippen LogP contribution is -2.51. The van der Waals surface area contributed by atoms with Gasteiger partial charge in [-0.3, -0.25) is 9.59 Å². The number of carboxylic acid groups (broad SMARTS) is 1. The first kappa shape index (κ1) is 26.4. The van der Waals surface area contributed by atoms with Gasteiger partial charge in [-0.25, -0.2) is 8.42 Å². The first-order valence-electron chi connectivity index (χ1n) is 12.4. The van der Waals surface area contributed by atoms with E-state index in [1.54, 1.807) is 52.2 Å². The fraction of sp³-hybridized carbons (Fsp3) is 0.423. The molecule has 0 saturated carbocycles. The van der Waals surface area contributed by atoms with Gasteiger partial charge in [-0.15, -0.1) is 0 Å². The number of fused-ring (bicyclic) bond motifs is 1. The number of carbonyl (C=O) groups excluding carboxylic acids is 1. The number of hydrogen-bond donors (Lipinski definition) is 3. The molecule has 1 amide bonds. The summed E-state index contributed by atoms with van der Waals surface area (Å²) in [5, 5.41) is 18.7. The Hall–Kier alpha value is -3.62. The van der Waals surface area contributed by atoms with Crippen molar-refractivity contribution in [3.05, 3.63) is 54.5 Å². The minimum atomic E-state index is -4.02. The van der Waals surface area contributed by atoms with E-state index in [4.69, 9.17) is 5.11 Å². The highest BCUT2D eigenvalue weighted by molar-refractivity contribution is 7.89. The van der Waals surface area contributed by atoms with E-state index in [1.807, 2.05) is 0 Å². The van der Waals surface area contributed by atoms with Crippen molar-refractivity contribution in [1.82, 2.24) is 19.2 Å². The van der Waals surface area contributed by atoms with Crippen molar-refractivity contribution in [2.75, 3.05) is 13.1 Å². The van der Waals surface area contributed by atoms with Crippen molar-refractivity contribution in [2.24, 2.45) is 5.92 Å². The zero-order valence-electron chi connectivity index (χ0n) is 20.5. The molecule has 0 spiro atoms. The Bertz CT molecular complexity index is 1400. The van der Waals surface area contributed by atoms with E-state index in [9.17, 15) is 23.3 Å². The molecule has 11 heteroatoms. The van der Waals surface area contributed by atoms with E-state index in [2.05, 4.69) is 15.8 Å². The lowest BCUT2D eigenvalue weighted by Gasteiger charge is -2.34. The molecule has 0 bridgehead atoms. The number of hydrogen-bond acceptors (Lipinski definition) is 5. The molecule has 1 fully saturated rings. The van der Waals surface area contributed by atoms with Crippen LogP contribution in [-0.2, 0) is 26.2 Å². The smallest absolute Gasteiger partial charge is 0.303 e. The van der Waals surface area contributed by atoms with E-state index in [0.29, 0.717) is 48.6 Å². The van der Waals surface area contributed by atoms with Crippen LogP contribution in [0.15, 0.2) is 53.7 Å². The topological polar surface area (TPSA) is 148 Å². The molecule has 1 aromatic carbocycles. The molecule has 1 atom stereocenters. The number of amides is 1. The molecule has 1 unspecified atom stereocenters. The Morgan fingerprint density at radius 2 is 1.97 bits per heavy atom. The van der Waals surface area contributed by atoms with E-state index < -0.39 is 22.0 Å². The quantitative estimate of drug-likeness (QED) is 0.350. The van der Waals surface area contributed by atoms with Crippen LogP contribution in [0, 0.1) is 17.2 Å². The SMILES string of the molecule is N#Cc1cccn1CCC(NS(=O)(=O)c1cccc2[nH]ccc12)C(=O)N1CCC(CCCC(=O)O)CC1. The van der Waals surface area contributed by atoms with E-state index in [-0.39, 0.29) is 23.6 Å². The number of aryl methyl sites for hydroxylation is 1. The Morgan fingerprint density at radius 1 is 1.19 bits per heavy atom. The van der Waals surface area contributed by atoms with E-state index >= 15 is 0 Å². The Kier molecular flexibility index (Phi) is 8.31. The maximum absolute atomic E-state index is 13.6. The summed E-state index contributed by atoms with van der Waals surface area (Å²) in [7, 11) is -4.02. The van der Waals surface area contributed by atoms with Gasteiger partial charge in [0.05, 0.1) is 4.90 Å². The molecule has 1 aliphatic heterocycles. The summed E-state index contributed by atoms with van der Waals surface area (Å²) < 4.78 is 31.3. The van der Waals surface area contributed by atoms with Crippen LogP contribution in [0.3, 0.4) is 0 Å². The van der Waals surface area contributed by atoms with Gasteiger partial charge >= 0.3 is 5.97 Å². The molecule has 196 valence electrons. The van der Waals surface area contributed by atoms with Crippen LogP contribution in [0.1, 0.15) is 44.2 Å². The monoisotopic (exact) mass is 525 g/mol. The number of H-pyrrole nitrogens is 1. The molecule has 10 nitrogen and oxygen atoms in total. The van der Waals surface area contributed by atoms with Gasteiger partial charge in [0.1, 0.15) is 17.8 Å². The number of rotatable bonds is 11. The van der Waals surface area contributed by atoms with Gasteiger partial charge in [0.2, 0.25) is 15.9 Å². The minimum absolute atomic E-state index is 0.0971. The summed E-state index contributed by atoms with van der Waals surface area (Å²) in [5.41, 5.74) is 1.12. The highest BCUT2D eigenvalue weighted by atomic mass is 32.2. The van der Waals surface area contributed by atoms with Crippen LogP contribution >= 0.6 is 0 Å². The number of aromatic nitrogens is 2. The number of aliphatic carboxylic acids is 1. The lowest BCUT2D eigenvalue weighted by molar-refractivity contribution is -0.137. The van der Waals surface area contributed by atoms with Crippen LogP contribution in [0.5, 0.6) is 0 Å². The lowest BCUT2D eigenvalue weighted by atomic mass is 9.91. The number of carboxylic acids is 1. The highest BCUT2D eigenvalue weighted by Crippen LogP contribution is 2.25. The molecule has 4 rings (SSSR count). The minimum Gasteiger partial charge on any atom is -0.481 e. The molecule has 1 saturated heterocycles. The number of benzene rings is 1. The first-order chi connectivity index (χ1) is 17.8. The van der Waals surface area contributed by atoms with Crippen molar-refractivity contribution in [3.63, 3.8) is 0 Å². The largest absolute Gasteiger partial charge is 0.481 e. The van der Waals surface area contributed by atoms with Crippen LogP contribution in [0.4, 0.5) is 0 Å². The molecule has 3 N–H and O–H groups in total. The number of nitriles is 1. The number of piperidine rings is 1.